The second-order valence-corrected chi connectivity index (χ2v) is 4.88. The molecule has 0 saturated carbocycles. The molecule has 3 nitrogen and oxygen atoms in total. The Morgan fingerprint density at radius 3 is 2.70 bits per heavy atom. The highest BCUT2D eigenvalue weighted by atomic mass is 16.5. The van der Waals surface area contributed by atoms with Crippen molar-refractivity contribution in [2.45, 2.75) is 52.6 Å². The quantitative estimate of drug-likeness (QED) is 0.201. The van der Waals surface area contributed by atoms with Gasteiger partial charge in [-0.05, 0) is 45.6 Å². The molecule has 0 bridgehead atoms. The molecule has 0 spiro atoms. The Labute approximate surface area is 123 Å². The molecular formula is C17H26O3. The minimum atomic E-state index is -0.284. The molecule has 0 heterocycles. The van der Waals surface area contributed by atoms with E-state index in [2.05, 4.69) is 12.0 Å². The van der Waals surface area contributed by atoms with Crippen LogP contribution in [0.15, 0.2) is 23.8 Å². The Morgan fingerprint density at radius 2 is 2.05 bits per heavy atom. The molecular weight excluding hydrogens is 252 g/mol. The Morgan fingerprint density at radius 1 is 1.30 bits per heavy atom. The van der Waals surface area contributed by atoms with E-state index in [4.69, 9.17) is 15.9 Å². The van der Waals surface area contributed by atoms with Gasteiger partial charge in [-0.15, -0.1) is 6.42 Å². The van der Waals surface area contributed by atoms with Crippen molar-refractivity contribution in [2.75, 3.05) is 13.2 Å². The monoisotopic (exact) mass is 278 g/mol. The van der Waals surface area contributed by atoms with Gasteiger partial charge >= 0.3 is 5.97 Å². The molecule has 0 radical (unpaired) electrons. The Balaban J connectivity index is 3.66. The van der Waals surface area contributed by atoms with Gasteiger partial charge < -0.3 is 9.47 Å². The van der Waals surface area contributed by atoms with Crippen molar-refractivity contribution in [1.82, 2.24) is 0 Å². The number of unbranched alkanes of at least 4 members (excludes halogenated alkanes) is 3. The molecule has 0 amide bonds. The highest BCUT2D eigenvalue weighted by Crippen LogP contribution is 2.04. The van der Waals surface area contributed by atoms with Gasteiger partial charge in [-0.25, -0.2) is 4.79 Å². The average molecular weight is 278 g/mol. The average Bonchev–Trinajstić information content (AvgIpc) is 2.35. The van der Waals surface area contributed by atoms with E-state index < -0.39 is 0 Å². The fourth-order valence-electron chi connectivity index (χ4n) is 1.54. The third-order valence-electron chi connectivity index (χ3n) is 2.42. The molecule has 0 saturated heterocycles. The van der Waals surface area contributed by atoms with Crippen molar-refractivity contribution < 1.29 is 14.3 Å². The number of terminal acetylenes is 1. The first-order valence-corrected chi connectivity index (χ1v) is 7.13. The van der Waals surface area contributed by atoms with Gasteiger partial charge in [0.25, 0.3) is 0 Å². The van der Waals surface area contributed by atoms with E-state index in [0.29, 0.717) is 6.61 Å². The second kappa shape index (κ2) is 12.5. The summed E-state index contributed by atoms with van der Waals surface area (Å²) in [4.78, 5) is 11.4. The van der Waals surface area contributed by atoms with Crippen molar-refractivity contribution in [1.29, 1.82) is 0 Å². The Hall–Kier alpha value is -1.53. The normalized spacial score (nSPS) is 11.8. The summed E-state index contributed by atoms with van der Waals surface area (Å²) >= 11 is 0. The van der Waals surface area contributed by atoms with E-state index in [0.717, 1.165) is 37.9 Å². The van der Waals surface area contributed by atoms with Crippen molar-refractivity contribution in [3.63, 3.8) is 0 Å². The highest BCUT2D eigenvalue weighted by molar-refractivity contribution is 5.83. The maximum atomic E-state index is 11.4. The lowest BCUT2D eigenvalue weighted by Gasteiger charge is -2.04. The van der Waals surface area contributed by atoms with Crippen molar-refractivity contribution in [3.05, 3.63) is 23.8 Å². The van der Waals surface area contributed by atoms with Gasteiger partial charge in [-0.3, -0.25) is 0 Å². The molecule has 0 aromatic carbocycles. The summed E-state index contributed by atoms with van der Waals surface area (Å²) in [6, 6.07) is 0. The third kappa shape index (κ3) is 12.9. The first kappa shape index (κ1) is 18.5. The van der Waals surface area contributed by atoms with Crippen LogP contribution >= 0.6 is 0 Å². The summed E-state index contributed by atoms with van der Waals surface area (Å²) in [5.41, 5.74) is 0.910. The largest absolute Gasteiger partial charge is 0.460 e. The highest BCUT2D eigenvalue weighted by Gasteiger charge is 2.00. The van der Waals surface area contributed by atoms with Gasteiger partial charge in [0.15, 0.2) is 0 Å². The van der Waals surface area contributed by atoms with Crippen LogP contribution in [0.2, 0.25) is 0 Å². The number of allylic oxidation sites excluding steroid dienone is 3. The molecule has 20 heavy (non-hydrogen) atoms. The zero-order valence-electron chi connectivity index (χ0n) is 12.9. The first-order chi connectivity index (χ1) is 9.56. The van der Waals surface area contributed by atoms with Gasteiger partial charge in [-0.2, -0.15) is 0 Å². The Bertz CT molecular complexity index is 359. The van der Waals surface area contributed by atoms with Crippen LogP contribution in [0.4, 0.5) is 0 Å². The lowest BCUT2D eigenvalue weighted by atomic mass is 10.1. The van der Waals surface area contributed by atoms with Crippen LogP contribution in [0.5, 0.6) is 0 Å². The molecule has 0 aliphatic carbocycles. The Kier molecular flexibility index (Phi) is 11.5. The predicted molar refractivity (Wildman–Crippen MR) is 82.2 cm³/mol. The van der Waals surface area contributed by atoms with Gasteiger partial charge in [0, 0.05) is 12.7 Å². The fraction of sp³-hybridized carbons (Fsp3) is 0.588. The standard InChI is InChI=1S/C17H26O3/c1-5-12-19-13-10-8-6-7-9-11-16(4)14-17(18)20-15(2)3/h1,9,11,14-15H,6-8,10,12-13H2,2-4H3. The molecule has 0 unspecified atom stereocenters. The van der Waals surface area contributed by atoms with Crippen molar-refractivity contribution >= 4 is 5.97 Å². The van der Waals surface area contributed by atoms with Crippen molar-refractivity contribution in [3.8, 4) is 12.3 Å². The minimum absolute atomic E-state index is 0.0766. The zero-order chi connectivity index (χ0) is 15.2. The SMILES string of the molecule is C#CCOCCCCCC=CC(C)=CC(=O)OC(C)C. The fourth-order valence-corrected chi connectivity index (χ4v) is 1.54. The number of carbonyl (C=O) groups excluding carboxylic acids is 1. The van der Waals surface area contributed by atoms with E-state index in [9.17, 15) is 4.79 Å². The molecule has 0 aromatic heterocycles. The molecule has 0 N–H and O–H groups in total. The number of ether oxygens (including phenoxy) is 2. The summed E-state index contributed by atoms with van der Waals surface area (Å²) in [5.74, 6) is 2.16. The molecule has 0 fully saturated rings. The van der Waals surface area contributed by atoms with Crippen LogP contribution in [0.25, 0.3) is 0 Å². The molecule has 0 rings (SSSR count). The van der Waals surface area contributed by atoms with E-state index in [1.165, 1.54) is 6.08 Å². The summed E-state index contributed by atoms with van der Waals surface area (Å²) in [6.07, 6.45) is 14.8. The molecule has 112 valence electrons. The van der Waals surface area contributed by atoms with E-state index in [1.54, 1.807) is 0 Å². The second-order valence-electron chi connectivity index (χ2n) is 4.88. The maximum Gasteiger partial charge on any atom is 0.331 e. The van der Waals surface area contributed by atoms with Gasteiger partial charge in [-0.1, -0.05) is 24.5 Å². The minimum Gasteiger partial charge on any atom is -0.460 e. The topological polar surface area (TPSA) is 35.5 Å². The van der Waals surface area contributed by atoms with Gasteiger partial charge in [0.2, 0.25) is 0 Å². The van der Waals surface area contributed by atoms with Crippen LogP contribution in [-0.2, 0) is 14.3 Å². The zero-order valence-corrected chi connectivity index (χ0v) is 12.9. The molecule has 0 aliphatic heterocycles. The van der Waals surface area contributed by atoms with Crippen molar-refractivity contribution in [2.24, 2.45) is 0 Å². The third-order valence-corrected chi connectivity index (χ3v) is 2.42. The smallest absolute Gasteiger partial charge is 0.331 e. The number of hydrogen-bond acceptors (Lipinski definition) is 3. The van der Waals surface area contributed by atoms with Crippen LogP contribution in [0.3, 0.4) is 0 Å². The lowest BCUT2D eigenvalue weighted by molar-refractivity contribution is -0.141. The van der Waals surface area contributed by atoms with E-state index >= 15 is 0 Å². The van der Waals surface area contributed by atoms with Gasteiger partial charge in [0.1, 0.15) is 6.61 Å². The lowest BCUT2D eigenvalue weighted by Crippen LogP contribution is -2.08. The number of esters is 1. The van der Waals surface area contributed by atoms with E-state index in [-0.39, 0.29) is 12.1 Å². The van der Waals surface area contributed by atoms with Crippen LogP contribution in [-0.4, -0.2) is 25.3 Å². The van der Waals surface area contributed by atoms with Crippen LogP contribution in [0.1, 0.15) is 46.5 Å². The summed E-state index contributed by atoms with van der Waals surface area (Å²) in [5, 5.41) is 0. The summed E-state index contributed by atoms with van der Waals surface area (Å²) < 4.78 is 10.2. The molecule has 3 heteroatoms. The maximum absolute atomic E-state index is 11.4. The molecule has 0 atom stereocenters. The number of hydrogen-bond donors (Lipinski definition) is 0. The summed E-state index contributed by atoms with van der Waals surface area (Å²) in [7, 11) is 0. The predicted octanol–water partition coefficient (Wildman–Crippen LogP) is 3.65. The molecule has 0 aliphatic rings. The number of rotatable bonds is 10. The van der Waals surface area contributed by atoms with E-state index in [1.807, 2.05) is 26.8 Å². The van der Waals surface area contributed by atoms with Gasteiger partial charge in [0.05, 0.1) is 6.10 Å². The van der Waals surface area contributed by atoms with Crippen LogP contribution < -0.4 is 0 Å². The molecule has 0 aromatic rings. The number of carbonyl (C=O) groups is 1. The van der Waals surface area contributed by atoms with Crippen LogP contribution in [0, 0.1) is 12.3 Å². The summed E-state index contributed by atoms with van der Waals surface area (Å²) in [6.45, 7) is 6.70. The first-order valence-electron chi connectivity index (χ1n) is 7.13.